The Morgan fingerprint density at radius 3 is 2.83 bits per heavy atom. The van der Waals surface area contributed by atoms with Crippen molar-refractivity contribution in [1.82, 2.24) is 30.2 Å². The number of ether oxygens (including phenoxy) is 1. The second-order valence-corrected chi connectivity index (χ2v) is 6.64. The Morgan fingerprint density at radius 2 is 1.97 bits per heavy atom. The van der Waals surface area contributed by atoms with E-state index in [0.717, 1.165) is 12.3 Å². The van der Waals surface area contributed by atoms with Crippen LogP contribution in [0, 0.1) is 11.8 Å². The van der Waals surface area contributed by atoms with E-state index in [1.807, 2.05) is 0 Å². The van der Waals surface area contributed by atoms with Crippen molar-refractivity contribution in [1.29, 1.82) is 0 Å². The predicted molar refractivity (Wildman–Crippen MR) is 105 cm³/mol. The van der Waals surface area contributed by atoms with Crippen molar-refractivity contribution in [3.8, 4) is 17.3 Å². The van der Waals surface area contributed by atoms with Crippen molar-refractivity contribution in [3.05, 3.63) is 76.2 Å². The second-order valence-electron chi connectivity index (χ2n) is 5.85. The Kier molecular flexibility index (Phi) is 5.68. The molecule has 1 N–H and O–H groups in total. The molecule has 0 atom stereocenters. The maximum Gasteiger partial charge on any atom is 0.256 e. The number of nitrogens with one attached hydrogen (secondary N) is 1. The first-order valence-electron chi connectivity index (χ1n) is 8.42. The first kappa shape index (κ1) is 19.9. The SMILES string of the molecule is Fc1cnc(F)c(Oc2ncccc2CNc2nnnn2-c2cccc(Cl)c2Cl)c1. The molecule has 0 saturated carbocycles. The Labute approximate surface area is 178 Å². The molecule has 1 aromatic carbocycles. The number of hydrogen-bond donors (Lipinski definition) is 1. The summed E-state index contributed by atoms with van der Waals surface area (Å²) in [5.74, 6) is -1.74. The van der Waals surface area contributed by atoms with E-state index in [-0.39, 0.29) is 29.1 Å². The van der Waals surface area contributed by atoms with Gasteiger partial charge in [-0.3, -0.25) is 0 Å². The topological polar surface area (TPSA) is 90.6 Å². The molecule has 0 radical (unpaired) electrons. The number of nitrogens with zero attached hydrogens (tertiary/aromatic N) is 6. The fraction of sp³-hybridized carbons (Fsp3) is 0.0556. The Balaban J connectivity index is 1.57. The summed E-state index contributed by atoms with van der Waals surface area (Å²) in [6.07, 6.45) is 2.21. The number of hydrogen-bond acceptors (Lipinski definition) is 7. The van der Waals surface area contributed by atoms with E-state index in [1.54, 1.807) is 30.3 Å². The fourth-order valence-corrected chi connectivity index (χ4v) is 2.90. The maximum absolute atomic E-state index is 13.8. The van der Waals surface area contributed by atoms with Crippen molar-refractivity contribution in [2.75, 3.05) is 5.32 Å². The van der Waals surface area contributed by atoms with Gasteiger partial charge in [-0.05, 0) is 28.6 Å². The third kappa shape index (κ3) is 4.14. The van der Waals surface area contributed by atoms with Crippen LogP contribution in [0.15, 0.2) is 48.8 Å². The van der Waals surface area contributed by atoms with Crippen LogP contribution in [-0.4, -0.2) is 30.2 Å². The molecule has 8 nitrogen and oxygen atoms in total. The lowest BCUT2D eigenvalue weighted by Gasteiger charge is -2.12. The molecule has 0 aliphatic heterocycles. The standard InChI is InChI=1S/C18H11Cl2F2N7O/c19-12-4-1-5-13(15(12)20)29-18(26-27-28-29)25-8-10-3-2-6-23-17(10)30-14-7-11(21)9-24-16(14)22/h1-7,9H,8H2,(H,25,26,28). The van der Waals surface area contributed by atoms with E-state index in [1.165, 1.54) is 10.9 Å². The van der Waals surface area contributed by atoms with Crippen LogP contribution in [0.4, 0.5) is 14.7 Å². The number of pyridine rings is 2. The van der Waals surface area contributed by atoms with Gasteiger partial charge < -0.3 is 10.1 Å². The smallest absolute Gasteiger partial charge is 0.256 e. The third-order valence-corrected chi connectivity index (χ3v) is 4.70. The second kappa shape index (κ2) is 8.56. The minimum absolute atomic E-state index is 0.0658. The molecule has 3 aromatic heterocycles. The lowest BCUT2D eigenvalue weighted by molar-refractivity contribution is 0.405. The van der Waals surface area contributed by atoms with Crippen molar-refractivity contribution in [2.24, 2.45) is 0 Å². The van der Waals surface area contributed by atoms with Crippen molar-refractivity contribution < 1.29 is 13.5 Å². The van der Waals surface area contributed by atoms with Crippen LogP contribution in [0.1, 0.15) is 5.56 Å². The van der Waals surface area contributed by atoms with Crippen LogP contribution < -0.4 is 10.1 Å². The molecule has 0 fully saturated rings. The minimum Gasteiger partial charge on any atom is -0.434 e. The predicted octanol–water partition coefficient (Wildman–Crippen LogP) is 4.44. The normalized spacial score (nSPS) is 10.8. The molecule has 0 aliphatic rings. The molecule has 30 heavy (non-hydrogen) atoms. The highest BCUT2D eigenvalue weighted by Gasteiger charge is 2.15. The van der Waals surface area contributed by atoms with E-state index in [4.69, 9.17) is 27.9 Å². The van der Waals surface area contributed by atoms with Gasteiger partial charge in [-0.25, -0.2) is 14.4 Å². The zero-order valence-electron chi connectivity index (χ0n) is 14.9. The Morgan fingerprint density at radius 1 is 1.10 bits per heavy atom. The molecule has 152 valence electrons. The van der Waals surface area contributed by atoms with E-state index in [9.17, 15) is 8.78 Å². The van der Waals surface area contributed by atoms with Crippen LogP contribution in [-0.2, 0) is 6.54 Å². The molecule has 4 aromatic rings. The summed E-state index contributed by atoms with van der Waals surface area (Å²) in [5, 5.41) is 15.2. The first-order valence-corrected chi connectivity index (χ1v) is 9.18. The number of aromatic nitrogens is 6. The highest BCUT2D eigenvalue weighted by molar-refractivity contribution is 6.43. The average Bonchev–Trinajstić information content (AvgIpc) is 3.20. The molecular formula is C18H11Cl2F2N7O. The highest BCUT2D eigenvalue weighted by Crippen LogP contribution is 2.30. The van der Waals surface area contributed by atoms with Crippen LogP contribution in [0.5, 0.6) is 11.6 Å². The van der Waals surface area contributed by atoms with Gasteiger partial charge in [-0.15, -0.1) is 0 Å². The van der Waals surface area contributed by atoms with Crippen molar-refractivity contribution >= 4 is 29.2 Å². The zero-order valence-corrected chi connectivity index (χ0v) is 16.4. The molecule has 0 saturated heterocycles. The van der Waals surface area contributed by atoms with Crippen LogP contribution in [0.25, 0.3) is 5.69 Å². The molecule has 0 unspecified atom stereocenters. The summed E-state index contributed by atoms with van der Waals surface area (Å²) < 4.78 is 34.0. The molecule has 12 heteroatoms. The van der Waals surface area contributed by atoms with Crippen molar-refractivity contribution in [2.45, 2.75) is 6.54 Å². The van der Waals surface area contributed by atoms with Gasteiger partial charge in [0.15, 0.2) is 5.75 Å². The lowest BCUT2D eigenvalue weighted by atomic mass is 10.2. The lowest BCUT2D eigenvalue weighted by Crippen LogP contribution is -2.09. The number of tetrazole rings is 1. The Hall–Kier alpha value is -3.37. The minimum atomic E-state index is -0.958. The summed E-state index contributed by atoms with van der Waals surface area (Å²) in [4.78, 5) is 7.36. The summed E-state index contributed by atoms with van der Waals surface area (Å²) in [6, 6.07) is 9.31. The Bertz CT molecular complexity index is 1200. The van der Waals surface area contributed by atoms with Crippen LogP contribution >= 0.6 is 23.2 Å². The van der Waals surface area contributed by atoms with E-state index >= 15 is 0 Å². The van der Waals surface area contributed by atoms with Crippen LogP contribution in [0.2, 0.25) is 10.0 Å². The van der Waals surface area contributed by atoms with Gasteiger partial charge >= 0.3 is 0 Å². The number of anilines is 1. The summed E-state index contributed by atoms with van der Waals surface area (Å²) in [6.45, 7) is 0.159. The van der Waals surface area contributed by atoms with E-state index in [2.05, 4.69) is 30.8 Å². The zero-order chi connectivity index (χ0) is 21.1. The summed E-state index contributed by atoms with van der Waals surface area (Å²) in [7, 11) is 0. The molecule has 0 spiro atoms. The fourth-order valence-electron chi connectivity index (χ4n) is 2.52. The van der Waals surface area contributed by atoms with Crippen LogP contribution in [0.3, 0.4) is 0 Å². The third-order valence-electron chi connectivity index (χ3n) is 3.90. The van der Waals surface area contributed by atoms with Gasteiger partial charge in [0.1, 0.15) is 5.82 Å². The quantitative estimate of drug-likeness (QED) is 0.435. The van der Waals surface area contributed by atoms with Crippen molar-refractivity contribution in [3.63, 3.8) is 0 Å². The molecular weight excluding hydrogens is 439 g/mol. The van der Waals surface area contributed by atoms with Gasteiger partial charge in [0, 0.05) is 24.4 Å². The summed E-state index contributed by atoms with van der Waals surface area (Å²) >= 11 is 12.3. The molecule has 0 bridgehead atoms. The highest BCUT2D eigenvalue weighted by atomic mass is 35.5. The van der Waals surface area contributed by atoms with Gasteiger partial charge in [-0.1, -0.05) is 40.4 Å². The molecule has 4 rings (SSSR count). The van der Waals surface area contributed by atoms with Gasteiger partial charge in [0.2, 0.25) is 11.8 Å². The molecule has 0 amide bonds. The summed E-state index contributed by atoms with van der Waals surface area (Å²) in [5.41, 5.74) is 1.01. The number of halogens is 4. The van der Waals surface area contributed by atoms with Gasteiger partial charge in [0.05, 0.1) is 21.9 Å². The monoisotopic (exact) mass is 449 g/mol. The maximum atomic E-state index is 13.8. The number of rotatable bonds is 6. The van der Waals surface area contributed by atoms with E-state index < -0.39 is 11.8 Å². The first-order chi connectivity index (χ1) is 14.5. The number of benzene rings is 1. The largest absolute Gasteiger partial charge is 0.434 e. The van der Waals surface area contributed by atoms with Gasteiger partial charge in [-0.2, -0.15) is 9.07 Å². The molecule has 0 aliphatic carbocycles. The average molecular weight is 450 g/mol. The van der Waals surface area contributed by atoms with E-state index in [0.29, 0.717) is 16.3 Å². The van der Waals surface area contributed by atoms with Gasteiger partial charge in [0.25, 0.3) is 5.95 Å². The molecule has 3 heterocycles.